The Hall–Kier alpha value is -0.120. The predicted molar refractivity (Wildman–Crippen MR) is 34.3 cm³/mol. The molecular formula is C6H13NO2. The van der Waals surface area contributed by atoms with Gasteiger partial charge in [-0.3, -0.25) is 0 Å². The molecule has 1 aliphatic heterocycles. The van der Waals surface area contributed by atoms with Crippen LogP contribution in [0, 0.1) is 0 Å². The van der Waals surface area contributed by atoms with Crippen molar-refractivity contribution in [2.75, 3.05) is 26.3 Å². The highest BCUT2D eigenvalue weighted by Crippen LogP contribution is 2.14. The molecule has 1 rings (SSSR count). The minimum atomic E-state index is -0.241. The lowest BCUT2D eigenvalue weighted by atomic mass is 9.98. The van der Waals surface area contributed by atoms with Crippen molar-refractivity contribution in [3.8, 4) is 0 Å². The molecule has 0 aromatic heterocycles. The monoisotopic (exact) mass is 131 g/mol. The van der Waals surface area contributed by atoms with Gasteiger partial charge in [-0.1, -0.05) is 0 Å². The number of rotatable bonds is 3. The number of nitrogens with one attached hydrogen (secondary N) is 1. The van der Waals surface area contributed by atoms with E-state index in [4.69, 9.17) is 9.84 Å². The highest BCUT2D eigenvalue weighted by molar-refractivity contribution is 4.93. The molecule has 0 spiro atoms. The van der Waals surface area contributed by atoms with Crippen LogP contribution in [0.15, 0.2) is 0 Å². The summed E-state index contributed by atoms with van der Waals surface area (Å²) < 4.78 is 5.30. The maximum atomic E-state index is 8.80. The fraction of sp³-hybridized carbons (Fsp3) is 1.00. The van der Waals surface area contributed by atoms with Crippen molar-refractivity contribution < 1.29 is 9.84 Å². The van der Waals surface area contributed by atoms with Gasteiger partial charge in [0.05, 0.1) is 6.61 Å². The van der Waals surface area contributed by atoms with Gasteiger partial charge in [0.25, 0.3) is 0 Å². The van der Waals surface area contributed by atoms with E-state index in [-0.39, 0.29) is 12.2 Å². The summed E-state index contributed by atoms with van der Waals surface area (Å²) in [6, 6.07) is 0. The van der Waals surface area contributed by atoms with E-state index >= 15 is 0 Å². The molecule has 9 heavy (non-hydrogen) atoms. The quantitative estimate of drug-likeness (QED) is 0.535. The lowest BCUT2D eigenvalue weighted by Gasteiger charge is -2.40. The topological polar surface area (TPSA) is 41.5 Å². The summed E-state index contributed by atoms with van der Waals surface area (Å²) in [7, 11) is 0. The van der Waals surface area contributed by atoms with Crippen LogP contribution in [0.25, 0.3) is 0 Å². The molecule has 1 aliphatic rings. The zero-order valence-corrected chi connectivity index (χ0v) is 5.68. The molecule has 0 aromatic carbocycles. The first kappa shape index (κ1) is 6.99. The number of hydrogen-bond acceptors (Lipinski definition) is 3. The largest absolute Gasteiger partial charge is 0.393 e. The van der Waals surface area contributed by atoms with Crippen LogP contribution in [0.5, 0.6) is 0 Å². The molecule has 0 saturated carbocycles. The van der Waals surface area contributed by atoms with Gasteiger partial charge in [0.2, 0.25) is 0 Å². The zero-order valence-electron chi connectivity index (χ0n) is 5.68. The highest BCUT2D eigenvalue weighted by Gasteiger charge is 2.36. The lowest BCUT2D eigenvalue weighted by Crippen LogP contribution is -2.63. The van der Waals surface area contributed by atoms with Crippen LogP contribution in [0.4, 0.5) is 0 Å². The van der Waals surface area contributed by atoms with Crippen LogP contribution in [-0.4, -0.2) is 37.0 Å². The molecule has 54 valence electrons. The maximum Gasteiger partial charge on any atom is 0.116 e. The Kier molecular flexibility index (Phi) is 2.05. The SMILES string of the molecule is CCOC1(CO)CNC1. The second-order valence-electron chi connectivity index (χ2n) is 2.38. The van der Waals surface area contributed by atoms with Gasteiger partial charge in [-0.15, -0.1) is 0 Å². The van der Waals surface area contributed by atoms with Crippen molar-refractivity contribution in [2.24, 2.45) is 0 Å². The molecule has 0 aliphatic carbocycles. The average molecular weight is 131 g/mol. The first-order chi connectivity index (χ1) is 4.33. The zero-order chi connectivity index (χ0) is 6.74. The Morgan fingerprint density at radius 2 is 2.33 bits per heavy atom. The Balaban J connectivity index is 2.28. The fourth-order valence-corrected chi connectivity index (χ4v) is 0.970. The van der Waals surface area contributed by atoms with Gasteiger partial charge in [0.1, 0.15) is 5.60 Å². The van der Waals surface area contributed by atoms with Crippen LogP contribution >= 0.6 is 0 Å². The first-order valence-electron chi connectivity index (χ1n) is 3.28. The van der Waals surface area contributed by atoms with Gasteiger partial charge in [0.15, 0.2) is 0 Å². The van der Waals surface area contributed by atoms with Crippen LogP contribution in [0.2, 0.25) is 0 Å². The van der Waals surface area contributed by atoms with Crippen molar-refractivity contribution >= 4 is 0 Å². The van der Waals surface area contributed by atoms with E-state index in [0.29, 0.717) is 6.61 Å². The second-order valence-corrected chi connectivity index (χ2v) is 2.38. The molecular weight excluding hydrogens is 118 g/mol. The Labute approximate surface area is 55.0 Å². The van der Waals surface area contributed by atoms with Crippen LogP contribution in [-0.2, 0) is 4.74 Å². The molecule has 2 N–H and O–H groups in total. The number of hydrogen-bond donors (Lipinski definition) is 2. The van der Waals surface area contributed by atoms with E-state index in [1.807, 2.05) is 6.92 Å². The van der Waals surface area contributed by atoms with Crippen molar-refractivity contribution in [3.05, 3.63) is 0 Å². The van der Waals surface area contributed by atoms with Gasteiger partial charge < -0.3 is 15.2 Å². The molecule has 0 atom stereocenters. The predicted octanol–water partition coefficient (Wildman–Crippen LogP) is -0.643. The summed E-state index contributed by atoms with van der Waals surface area (Å²) in [5, 5.41) is 11.9. The first-order valence-corrected chi connectivity index (χ1v) is 3.28. The van der Waals surface area contributed by atoms with E-state index in [1.54, 1.807) is 0 Å². The highest BCUT2D eigenvalue weighted by atomic mass is 16.5. The molecule has 0 aromatic rings. The van der Waals surface area contributed by atoms with Crippen LogP contribution in [0.3, 0.4) is 0 Å². The molecule has 1 heterocycles. The third-order valence-electron chi connectivity index (χ3n) is 1.63. The minimum absolute atomic E-state index is 0.133. The normalized spacial score (nSPS) is 23.3. The van der Waals surface area contributed by atoms with Crippen molar-refractivity contribution in [2.45, 2.75) is 12.5 Å². The average Bonchev–Trinajstić information content (AvgIpc) is 1.79. The third-order valence-corrected chi connectivity index (χ3v) is 1.63. The summed E-state index contributed by atoms with van der Waals surface area (Å²) >= 11 is 0. The molecule has 1 saturated heterocycles. The van der Waals surface area contributed by atoms with Crippen molar-refractivity contribution in [1.29, 1.82) is 0 Å². The lowest BCUT2D eigenvalue weighted by molar-refractivity contribution is -0.106. The van der Waals surface area contributed by atoms with Crippen LogP contribution in [0.1, 0.15) is 6.92 Å². The van der Waals surface area contributed by atoms with E-state index in [1.165, 1.54) is 0 Å². The summed E-state index contributed by atoms with van der Waals surface area (Å²) in [6.07, 6.45) is 0. The van der Waals surface area contributed by atoms with E-state index in [2.05, 4.69) is 5.32 Å². The maximum absolute atomic E-state index is 8.80. The Morgan fingerprint density at radius 1 is 1.67 bits per heavy atom. The van der Waals surface area contributed by atoms with Crippen LogP contribution < -0.4 is 5.32 Å². The third kappa shape index (κ3) is 1.23. The molecule has 3 nitrogen and oxygen atoms in total. The standard InChI is InChI=1S/C6H13NO2/c1-2-9-6(5-8)3-7-4-6/h7-8H,2-5H2,1H3. The van der Waals surface area contributed by atoms with Gasteiger partial charge in [-0.25, -0.2) is 0 Å². The minimum Gasteiger partial charge on any atom is -0.393 e. The number of ether oxygens (including phenoxy) is 1. The summed E-state index contributed by atoms with van der Waals surface area (Å²) in [4.78, 5) is 0. The van der Waals surface area contributed by atoms with Gasteiger partial charge in [0, 0.05) is 19.7 Å². The number of aliphatic hydroxyl groups is 1. The van der Waals surface area contributed by atoms with Gasteiger partial charge >= 0.3 is 0 Å². The smallest absolute Gasteiger partial charge is 0.116 e. The second kappa shape index (κ2) is 2.64. The van der Waals surface area contributed by atoms with Crippen molar-refractivity contribution in [1.82, 2.24) is 5.32 Å². The molecule has 0 amide bonds. The van der Waals surface area contributed by atoms with Gasteiger partial charge in [-0.2, -0.15) is 0 Å². The number of aliphatic hydroxyl groups excluding tert-OH is 1. The summed E-state index contributed by atoms with van der Waals surface area (Å²) in [5.41, 5.74) is -0.241. The molecule has 1 fully saturated rings. The molecule has 0 radical (unpaired) electrons. The Bertz CT molecular complexity index is 85.5. The summed E-state index contributed by atoms with van der Waals surface area (Å²) in [6.45, 7) is 4.33. The Morgan fingerprint density at radius 3 is 2.44 bits per heavy atom. The molecule has 3 heteroatoms. The molecule has 0 unspecified atom stereocenters. The van der Waals surface area contributed by atoms with E-state index in [9.17, 15) is 0 Å². The van der Waals surface area contributed by atoms with E-state index in [0.717, 1.165) is 13.1 Å². The van der Waals surface area contributed by atoms with Gasteiger partial charge in [-0.05, 0) is 6.92 Å². The molecule has 0 bridgehead atoms. The fourth-order valence-electron chi connectivity index (χ4n) is 0.970. The van der Waals surface area contributed by atoms with Crippen molar-refractivity contribution in [3.63, 3.8) is 0 Å². The van der Waals surface area contributed by atoms with E-state index < -0.39 is 0 Å². The summed E-state index contributed by atoms with van der Waals surface area (Å²) in [5.74, 6) is 0.